The predicted octanol–water partition coefficient (Wildman–Crippen LogP) is 2.18. The van der Waals surface area contributed by atoms with E-state index in [2.05, 4.69) is 47.7 Å². The molecule has 104 valence electrons. The summed E-state index contributed by atoms with van der Waals surface area (Å²) in [5.74, 6) is 0. The first-order chi connectivity index (χ1) is 9.15. The fraction of sp³-hybridized carbons (Fsp3) is 0.500. The van der Waals surface area contributed by atoms with Gasteiger partial charge in [0.15, 0.2) is 0 Å². The SMILES string of the molecule is CCc1nn(C)cc1C(CN)N(C)Cc1cccs1. The molecule has 0 radical (unpaired) electrons. The zero-order valence-corrected chi connectivity index (χ0v) is 12.7. The zero-order chi connectivity index (χ0) is 13.8. The second kappa shape index (κ2) is 6.32. The Morgan fingerprint density at radius 1 is 1.53 bits per heavy atom. The molecule has 0 spiro atoms. The summed E-state index contributed by atoms with van der Waals surface area (Å²) in [7, 11) is 4.10. The third-order valence-corrected chi connectivity index (χ3v) is 4.23. The average Bonchev–Trinajstić information content (AvgIpc) is 3.00. The zero-order valence-electron chi connectivity index (χ0n) is 11.8. The lowest BCUT2D eigenvalue weighted by atomic mass is 10.1. The van der Waals surface area contributed by atoms with Crippen LogP contribution in [0.4, 0.5) is 0 Å². The van der Waals surface area contributed by atoms with Gasteiger partial charge >= 0.3 is 0 Å². The van der Waals surface area contributed by atoms with Crippen LogP contribution in [0, 0.1) is 0 Å². The lowest BCUT2D eigenvalue weighted by Gasteiger charge is -2.26. The molecule has 0 aliphatic heterocycles. The van der Waals surface area contributed by atoms with Gasteiger partial charge in [0.1, 0.15) is 0 Å². The van der Waals surface area contributed by atoms with Crippen molar-refractivity contribution in [3.05, 3.63) is 39.8 Å². The first kappa shape index (κ1) is 14.2. The lowest BCUT2D eigenvalue weighted by molar-refractivity contribution is 0.243. The smallest absolute Gasteiger partial charge is 0.0670 e. The largest absolute Gasteiger partial charge is 0.329 e. The van der Waals surface area contributed by atoms with E-state index in [4.69, 9.17) is 5.73 Å². The van der Waals surface area contributed by atoms with Crippen molar-refractivity contribution < 1.29 is 0 Å². The van der Waals surface area contributed by atoms with Gasteiger partial charge in [-0.05, 0) is 24.9 Å². The third-order valence-electron chi connectivity index (χ3n) is 3.37. The lowest BCUT2D eigenvalue weighted by Crippen LogP contribution is -2.30. The minimum atomic E-state index is 0.228. The van der Waals surface area contributed by atoms with Crippen LogP contribution in [0.25, 0.3) is 0 Å². The van der Waals surface area contributed by atoms with E-state index in [9.17, 15) is 0 Å². The highest BCUT2D eigenvalue weighted by Gasteiger charge is 2.21. The van der Waals surface area contributed by atoms with E-state index >= 15 is 0 Å². The number of hydrogen-bond donors (Lipinski definition) is 1. The molecule has 0 aliphatic rings. The summed E-state index contributed by atoms with van der Waals surface area (Å²) in [4.78, 5) is 3.67. The molecule has 0 saturated carbocycles. The van der Waals surface area contributed by atoms with E-state index in [1.165, 1.54) is 10.4 Å². The summed E-state index contributed by atoms with van der Waals surface area (Å²) in [5, 5.41) is 6.63. The van der Waals surface area contributed by atoms with Crippen molar-refractivity contribution in [3.63, 3.8) is 0 Å². The van der Waals surface area contributed by atoms with Crippen molar-refractivity contribution in [2.75, 3.05) is 13.6 Å². The van der Waals surface area contributed by atoms with E-state index in [1.54, 1.807) is 11.3 Å². The Balaban J connectivity index is 2.18. The number of aryl methyl sites for hydroxylation is 2. The first-order valence-electron chi connectivity index (χ1n) is 6.60. The molecule has 2 N–H and O–H groups in total. The fourth-order valence-electron chi connectivity index (χ4n) is 2.41. The molecule has 0 amide bonds. The Labute approximate surface area is 118 Å². The summed E-state index contributed by atoms with van der Waals surface area (Å²) in [6, 6.07) is 4.48. The van der Waals surface area contributed by atoms with Crippen LogP contribution in [0.1, 0.15) is 29.1 Å². The van der Waals surface area contributed by atoms with Gasteiger partial charge in [-0.25, -0.2) is 0 Å². The van der Waals surface area contributed by atoms with E-state index < -0.39 is 0 Å². The van der Waals surface area contributed by atoms with Gasteiger partial charge in [-0.2, -0.15) is 5.10 Å². The van der Waals surface area contributed by atoms with Gasteiger partial charge in [0.25, 0.3) is 0 Å². The monoisotopic (exact) mass is 278 g/mol. The maximum Gasteiger partial charge on any atom is 0.0670 e. The van der Waals surface area contributed by atoms with E-state index in [0.29, 0.717) is 6.54 Å². The van der Waals surface area contributed by atoms with Gasteiger partial charge in [0.2, 0.25) is 0 Å². The first-order valence-corrected chi connectivity index (χ1v) is 7.48. The molecule has 5 heteroatoms. The van der Waals surface area contributed by atoms with Gasteiger partial charge in [0.05, 0.1) is 11.7 Å². The Kier molecular flexibility index (Phi) is 4.74. The molecule has 0 aromatic carbocycles. The van der Waals surface area contributed by atoms with E-state index in [0.717, 1.165) is 18.7 Å². The second-order valence-electron chi connectivity index (χ2n) is 4.80. The molecule has 4 nitrogen and oxygen atoms in total. The summed E-state index contributed by atoms with van der Waals surface area (Å²) >= 11 is 1.79. The molecule has 2 aromatic rings. The highest BCUT2D eigenvalue weighted by atomic mass is 32.1. The van der Waals surface area contributed by atoms with Crippen LogP contribution in [0.15, 0.2) is 23.7 Å². The molecule has 19 heavy (non-hydrogen) atoms. The van der Waals surface area contributed by atoms with Gasteiger partial charge < -0.3 is 5.73 Å². The minimum Gasteiger partial charge on any atom is -0.329 e. The third kappa shape index (κ3) is 3.23. The molecule has 2 heterocycles. The number of rotatable bonds is 6. The standard InChI is InChI=1S/C14H22N4S/c1-4-13-12(10-18(3)16-13)14(8-15)17(2)9-11-6-5-7-19-11/h5-7,10,14H,4,8-9,15H2,1-3H3. The highest BCUT2D eigenvalue weighted by Crippen LogP contribution is 2.24. The number of nitrogens with zero attached hydrogens (tertiary/aromatic N) is 3. The average molecular weight is 278 g/mol. The molecule has 0 bridgehead atoms. The van der Waals surface area contributed by atoms with Crippen molar-refractivity contribution in [1.82, 2.24) is 14.7 Å². The maximum absolute atomic E-state index is 5.99. The van der Waals surface area contributed by atoms with Crippen LogP contribution in [-0.4, -0.2) is 28.3 Å². The molecule has 0 fully saturated rings. The quantitative estimate of drug-likeness (QED) is 0.881. The van der Waals surface area contributed by atoms with Crippen LogP contribution < -0.4 is 5.73 Å². The Morgan fingerprint density at radius 3 is 2.89 bits per heavy atom. The molecule has 2 aromatic heterocycles. The number of likely N-dealkylation sites (N-methyl/N-ethyl adjacent to an activating group) is 1. The van der Waals surface area contributed by atoms with Gasteiger partial charge in [0, 0.05) is 36.8 Å². The summed E-state index contributed by atoms with van der Waals surface area (Å²) < 4.78 is 1.88. The summed E-state index contributed by atoms with van der Waals surface area (Å²) in [5.41, 5.74) is 8.40. The Morgan fingerprint density at radius 2 is 2.32 bits per heavy atom. The van der Waals surface area contributed by atoms with Crippen LogP contribution in [0.5, 0.6) is 0 Å². The molecule has 0 aliphatic carbocycles. The topological polar surface area (TPSA) is 47.1 Å². The fourth-order valence-corrected chi connectivity index (χ4v) is 3.18. The van der Waals surface area contributed by atoms with Crippen LogP contribution in [0.3, 0.4) is 0 Å². The van der Waals surface area contributed by atoms with E-state index in [-0.39, 0.29) is 6.04 Å². The predicted molar refractivity (Wildman–Crippen MR) is 80.2 cm³/mol. The molecule has 0 saturated heterocycles. The summed E-state index contributed by atoms with van der Waals surface area (Å²) in [6.07, 6.45) is 3.04. The van der Waals surface area contributed by atoms with Crippen molar-refractivity contribution in [2.45, 2.75) is 25.9 Å². The van der Waals surface area contributed by atoms with Crippen LogP contribution >= 0.6 is 11.3 Å². The second-order valence-corrected chi connectivity index (χ2v) is 5.84. The van der Waals surface area contributed by atoms with Gasteiger partial charge in [-0.15, -0.1) is 11.3 Å². The number of aromatic nitrogens is 2. The van der Waals surface area contributed by atoms with Crippen molar-refractivity contribution in [2.24, 2.45) is 12.8 Å². The molecule has 1 atom stereocenters. The van der Waals surface area contributed by atoms with Gasteiger partial charge in [-0.1, -0.05) is 13.0 Å². The van der Waals surface area contributed by atoms with Gasteiger partial charge in [-0.3, -0.25) is 9.58 Å². The van der Waals surface area contributed by atoms with Crippen LogP contribution in [0.2, 0.25) is 0 Å². The molecule has 2 rings (SSSR count). The molecular weight excluding hydrogens is 256 g/mol. The Hall–Kier alpha value is -1.17. The van der Waals surface area contributed by atoms with Crippen LogP contribution in [-0.2, 0) is 20.0 Å². The minimum absolute atomic E-state index is 0.228. The number of hydrogen-bond acceptors (Lipinski definition) is 4. The molecule has 1 unspecified atom stereocenters. The summed E-state index contributed by atoms with van der Waals surface area (Å²) in [6.45, 7) is 3.68. The number of nitrogens with two attached hydrogens (primary N) is 1. The van der Waals surface area contributed by atoms with Crippen molar-refractivity contribution in [3.8, 4) is 0 Å². The van der Waals surface area contributed by atoms with E-state index in [1.807, 2.05) is 11.7 Å². The maximum atomic E-state index is 5.99. The normalized spacial score (nSPS) is 13.1. The highest BCUT2D eigenvalue weighted by molar-refractivity contribution is 7.09. The van der Waals surface area contributed by atoms with Crippen molar-refractivity contribution >= 4 is 11.3 Å². The molecular formula is C14H22N4S. The Bertz CT molecular complexity index is 504. The van der Waals surface area contributed by atoms with Crippen molar-refractivity contribution in [1.29, 1.82) is 0 Å². The number of thiophene rings is 1.